The lowest BCUT2D eigenvalue weighted by atomic mass is 9.72. The first-order valence-corrected chi connectivity index (χ1v) is 8.95. The maximum absolute atomic E-state index is 13.6. The van der Waals surface area contributed by atoms with Crippen molar-refractivity contribution in [2.45, 2.75) is 11.8 Å². The highest BCUT2D eigenvalue weighted by Gasteiger charge is 2.56. The van der Waals surface area contributed by atoms with Crippen molar-refractivity contribution in [1.82, 2.24) is 9.78 Å². The Bertz CT molecular complexity index is 1160. The van der Waals surface area contributed by atoms with E-state index in [0.29, 0.717) is 11.4 Å². The Morgan fingerprint density at radius 2 is 1.82 bits per heavy atom. The summed E-state index contributed by atoms with van der Waals surface area (Å²) in [6.45, 7) is 0.154. The molecule has 0 saturated heterocycles. The molecule has 0 unspecified atom stereocenters. The molecule has 0 fully saturated rings. The van der Waals surface area contributed by atoms with Gasteiger partial charge in [-0.25, -0.2) is 4.68 Å². The first-order chi connectivity index (χ1) is 13.7. The fourth-order valence-corrected chi connectivity index (χ4v) is 4.26. The second-order valence-electron chi connectivity index (χ2n) is 6.90. The molecule has 0 radical (unpaired) electrons. The highest BCUT2D eigenvalue weighted by molar-refractivity contribution is 6.16. The van der Waals surface area contributed by atoms with E-state index in [2.05, 4.69) is 16.3 Å². The Balaban J connectivity index is 1.77. The van der Waals surface area contributed by atoms with Crippen molar-refractivity contribution >= 4 is 23.3 Å². The number of nitrogens with zero attached hydrogens (tertiary/aromatic N) is 3. The van der Waals surface area contributed by atoms with Gasteiger partial charge in [-0.1, -0.05) is 42.3 Å². The minimum atomic E-state index is -1.11. The molecular weight excluding hydrogens is 352 g/mol. The molecule has 2 aliphatic heterocycles. The molecule has 0 saturated carbocycles. The third kappa shape index (κ3) is 2.01. The van der Waals surface area contributed by atoms with Gasteiger partial charge in [-0.05, 0) is 23.8 Å². The standard InChI is InChI=1S/C22H16N4O2/c1-2-12-25-18-11-7-6-10-16(18)22(21(25)28)13-19(27)24-20-17(22)14-23-26(20)15-8-4-3-5-9-15/h1,3-11,14H,12-13H2,(H,24,27)/t22-/m0/s1. The Labute approximate surface area is 161 Å². The zero-order valence-corrected chi connectivity index (χ0v) is 14.9. The number of hydrogen-bond acceptors (Lipinski definition) is 3. The van der Waals surface area contributed by atoms with E-state index in [1.807, 2.05) is 54.6 Å². The molecule has 136 valence electrons. The van der Waals surface area contributed by atoms with Gasteiger partial charge in [-0.3, -0.25) is 14.5 Å². The molecular formula is C22H16N4O2. The van der Waals surface area contributed by atoms with Crippen molar-refractivity contribution in [2.24, 2.45) is 0 Å². The van der Waals surface area contributed by atoms with Gasteiger partial charge in [-0.2, -0.15) is 5.10 Å². The number of hydrogen-bond donors (Lipinski definition) is 1. The van der Waals surface area contributed by atoms with Crippen LogP contribution in [-0.2, 0) is 15.0 Å². The molecule has 1 spiro atoms. The first-order valence-electron chi connectivity index (χ1n) is 8.95. The largest absolute Gasteiger partial charge is 0.310 e. The van der Waals surface area contributed by atoms with E-state index < -0.39 is 5.41 Å². The van der Waals surface area contributed by atoms with Crippen molar-refractivity contribution in [3.8, 4) is 18.0 Å². The van der Waals surface area contributed by atoms with Crippen LogP contribution in [0.3, 0.4) is 0 Å². The number of terminal acetylenes is 1. The number of aromatic nitrogens is 2. The summed E-state index contributed by atoms with van der Waals surface area (Å²) in [5.41, 5.74) is 1.92. The van der Waals surface area contributed by atoms with Crippen LogP contribution < -0.4 is 10.2 Å². The predicted octanol–water partition coefficient (Wildman–Crippen LogP) is 2.48. The van der Waals surface area contributed by atoms with E-state index in [1.54, 1.807) is 15.8 Å². The van der Waals surface area contributed by atoms with Gasteiger partial charge < -0.3 is 5.32 Å². The van der Waals surface area contributed by atoms with Crippen LogP contribution in [0, 0.1) is 12.3 Å². The Kier molecular flexibility index (Phi) is 3.40. The lowest BCUT2D eigenvalue weighted by molar-refractivity contribution is -0.126. The number of anilines is 2. The molecule has 1 aromatic heterocycles. The summed E-state index contributed by atoms with van der Waals surface area (Å²) in [6, 6.07) is 17.0. The van der Waals surface area contributed by atoms with Crippen LogP contribution in [0.2, 0.25) is 0 Å². The Morgan fingerprint density at radius 1 is 1.07 bits per heavy atom. The van der Waals surface area contributed by atoms with Gasteiger partial charge in [0, 0.05) is 17.7 Å². The molecule has 3 heterocycles. The van der Waals surface area contributed by atoms with Crippen molar-refractivity contribution in [3.63, 3.8) is 0 Å². The zero-order valence-electron chi connectivity index (χ0n) is 14.9. The van der Waals surface area contributed by atoms with Crippen LogP contribution in [0.25, 0.3) is 5.69 Å². The third-order valence-corrected chi connectivity index (χ3v) is 5.43. The monoisotopic (exact) mass is 368 g/mol. The van der Waals surface area contributed by atoms with E-state index in [4.69, 9.17) is 6.42 Å². The topological polar surface area (TPSA) is 67.2 Å². The number of fused-ring (bicyclic) bond motifs is 4. The van der Waals surface area contributed by atoms with E-state index in [0.717, 1.165) is 16.9 Å². The fraction of sp³-hybridized carbons (Fsp3) is 0.136. The minimum absolute atomic E-state index is 0.0252. The maximum atomic E-state index is 13.6. The second-order valence-corrected chi connectivity index (χ2v) is 6.90. The molecule has 6 heteroatoms. The molecule has 2 aromatic carbocycles. The highest BCUT2D eigenvalue weighted by atomic mass is 16.2. The molecule has 1 atom stereocenters. The number of para-hydroxylation sites is 2. The Hall–Kier alpha value is -3.85. The Morgan fingerprint density at radius 3 is 2.61 bits per heavy atom. The molecule has 1 N–H and O–H groups in total. The van der Waals surface area contributed by atoms with Crippen LogP contribution in [0.4, 0.5) is 11.5 Å². The van der Waals surface area contributed by atoms with Crippen LogP contribution in [0.5, 0.6) is 0 Å². The molecule has 0 aliphatic carbocycles. The van der Waals surface area contributed by atoms with Crippen LogP contribution in [0.15, 0.2) is 60.8 Å². The van der Waals surface area contributed by atoms with Gasteiger partial charge in [0.25, 0.3) is 0 Å². The van der Waals surface area contributed by atoms with Gasteiger partial charge in [0.15, 0.2) is 0 Å². The average Bonchev–Trinajstić information content (AvgIpc) is 3.24. The molecule has 28 heavy (non-hydrogen) atoms. The normalized spacial score (nSPS) is 19.9. The third-order valence-electron chi connectivity index (χ3n) is 5.43. The van der Waals surface area contributed by atoms with Crippen molar-refractivity contribution < 1.29 is 9.59 Å². The van der Waals surface area contributed by atoms with Crippen LogP contribution in [-0.4, -0.2) is 28.1 Å². The van der Waals surface area contributed by atoms with E-state index in [-0.39, 0.29) is 24.8 Å². The van der Waals surface area contributed by atoms with Gasteiger partial charge in [0.1, 0.15) is 11.2 Å². The smallest absolute Gasteiger partial charge is 0.243 e. The number of rotatable bonds is 2. The maximum Gasteiger partial charge on any atom is 0.243 e. The van der Waals surface area contributed by atoms with Crippen molar-refractivity contribution in [2.75, 3.05) is 16.8 Å². The van der Waals surface area contributed by atoms with Crippen molar-refractivity contribution in [1.29, 1.82) is 0 Å². The van der Waals surface area contributed by atoms with E-state index >= 15 is 0 Å². The van der Waals surface area contributed by atoms with Crippen LogP contribution >= 0.6 is 0 Å². The lowest BCUT2D eigenvalue weighted by Gasteiger charge is -2.32. The average molecular weight is 368 g/mol. The predicted molar refractivity (Wildman–Crippen MR) is 105 cm³/mol. The van der Waals surface area contributed by atoms with Gasteiger partial charge >= 0.3 is 0 Å². The lowest BCUT2D eigenvalue weighted by Crippen LogP contribution is -2.46. The van der Waals surface area contributed by atoms with E-state index in [1.165, 1.54) is 0 Å². The number of benzene rings is 2. The summed E-state index contributed by atoms with van der Waals surface area (Å²) in [5.74, 6) is 2.66. The summed E-state index contributed by atoms with van der Waals surface area (Å²) in [4.78, 5) is 27.9. The summed E-state index contributed by atoms with van der Waals surface area (Å²) in [7, 11) is 0. The molecule has 2 amide bonds. The molecule has 3 aromatic rings. The number of nitrogens with one attached hydrogen (secondary N) is 1. The number of carbonyl (C=O) groups excluding carboxylic acids is 2. The molecule has 2 aliphatic rings. The number of carbonyl (C=O) groups is 2. The fourth-order valence-electron chi connectivity index (χ4n) is 4.26. The highest BCUT2D eigenvalue weighted by Crippen LogP contribution is 2.52. The van der Waals surface area contributed by atoms with Gasteiger partial charge in [0.05, 0.1) is 18.4 Å². The minimum Gasteiger partial charge on any atom is -0.310 e. The van der Waals surface area contributed by atoms with Crippen LogP contribution in [0.1, 0.15) is 17.5 Å². The summed E-state index contributed by atoms with van der Waals surface area (Å²) < 4.78 is 1.66. The summed E-state index contributed by atoms with van der Waals surface area (Å²) >= 11 is 0. The van der Waals surface area contributed by atoms with E-state index in [9.17, 15) is 9.59 Å². The molecule has 6 nitrogen and oxygen atoms in total. The summed E-state index contributed by atoms with van der Waals surface area (Å²) in [6.07, 6.45) is 7.21. The zero-order chi connectivity index (χ0) is 19.3. The van der Waals surface area contributed by atoms with Gasteiger partial charge in [0.2, 0.25) is 11.8 Å². The first kappa shape index (κ1) is 16.3. The second kappa shape index (κ2) is 5.83. The van der Waals surface area contributed by atoms with Gasteiger partial charge in [-0.15, -0.1) is 6.42 Å². The quantitative estimate of drug-likeness (QED) is 0.707. The molecule has 0 bridgehead atoms. The summed E-state index contributed by atoms with van der Waals surface area (Å²) in [5, 5.41) is 7.40. The SMILES string of the molecule is C#CCN1C(=O)[C@@]2(CC(=O)Nc3c2cnn3-c2ccccc2)c2ccccc21. The number of amides is 2. The van der Waals surface area contributed by atoms with Crippen molar-refractivity contribution in [3.05, 3.63) is 71.9 Å². The molecule has 5 rings (SSSR count).